The van der Waals surface area contributed by atoms with Gasteiger partial charge in [-0.2, -0.15) is 5.10 Å². The average Bonchev–Trinajstić information content (AvgIpc) is 2.68. The second-order valence-corrected chi connectivity index (χ2v) is 4.89. The molecule has 26 heavy (non-hydrogen) atoms. The van der Waals surface area contributed by atoms with Crippen LogP contribution in [-0.4, -0.2) is 39.6 Å². The number of esters is 1. The highest BCUT2D eigenvalue weighted by Crippen LogP contribution is 2.28. The maximum Gasteiger partial charge on any atom is 0.427 e. The van der Waals surface area contributed by atoms with Gasteiger partial charge < -0.3 is 18.9 Å². The Bertz CT molecular complexity index is 802. The zero-order chi connectivity index (χ0) is 18.9. The molecule has 2 aromatic carbocycles. The van der Waals surface area contributed by atoms with Crippen LogP contribution in [0.1, 0.15) is 15.9 Å². The number of nitrogens with one attached hydrogen (secondary N) is 1. The molecule has 0 saturated carbocycles. The summed E-state index contributed by atoms with van der Waals surface area (Å²) in [7, 11) is 4.23. The molecule has 0 aliphatic heterocycles. The van der Waals surface area contributed by atoms with Crippen molar-refractivity contribution < 1.29 is 28.5 Å². The standard InChI is InChI=1S/C18H18N2O6/c1-23-14-7-5-13(6-8-14)17(21)26-15-9-4-12(10-16(15)24-2)11-19-20-18(22)25-3/h4-11H,1-3H3,(H,20,22)/b19-11+. The molecule has 0 atom stereocenters. The summed E-state index contributed by atoms with van der Waals surface area (Å²) in [6, 6.07) is 11.4. The summed E-state index contributed by atoms with van der Waals surface area (Å²) in [5.41, 5.74) is 3.17. The van der Waals surface area contributed by atoms with Gasteiger partial charge in [0.05, 0.1) is 33.1 Å². The largest absolute Gasteiger partial charge is 0.497 e. The van der Waals surface area contributed by atoms with Crippen LogP contribution >= 0.6 is 0 Å². The molecule has 0 aliphatic carbocycles. The predicted molar refractivity (Wildman–Crippen MR) is 94.1 cm³/mol. The van der Waals surface area contributed by atoms with Gasteiger partial charge in [-0.05, 0) is 48.0 Å². The van der Waals surface area contributed by atoms with Gasteiger partial charge in [-0.15, -0.1) is 0 Å². The number of rotatable bonds is 6. The number of amides is 1. The number of nitrogens with zero attached hydrogens (tertiary/aromatic N) is 1. The first-order valence-corrected chi connectivity index (χ1v) is 7.48. The van der Waals surface area contributed by atoms with Crippen molar-refractivity contribution in [1.29, 1.82) is 0 Å². The van der Waals surface area contributed by atoms with Crippen LogP contribution in [0.2, 0.25) is 0 Å². The lowest BCUT2D eigenvalue weighted by atomic mass is 10.2. The molecule has 0 radical (unpaired) electrons. The summed E-state index contributed by atoms with van der Waals surface area (Å²) < 4.78 is 20.1. The van der Waals surface area contributed by atoms with Crippen molar-refractivity contribution >= 4 is 18.3 Å². The second-order valence-electron chi connectivity index (χ2n) is 4.89. The van der Waals surface area contributed by atoms with E-state index in [4.69, 9.17) is 14.2 Å². The number of hydrogen-bond acceptors (Lipinski definition) is 7. The summed E-state index contributed by atoms with van der Waals surface area (Å²) in [6.45, 7) is 0. The Kier molecular flexibility index (Phi) is 6.55. The smallest absolute Gasteiger partial charge is 0.427 e. The SMILES string of the molecule is COC(=O)N/N=C/c1ccc(OC(=O)c2ccc(OC)cc2)c(OC)c1. The van der Waals surface area contributed by atoms with Gasteiger partial charge in [-0.3, -0.25) is 0 Å². The van der Waals surface area contributed by atoms with E-state index in [1.165, 1.54) is 20.4 Å². The fourth-order valence-electron chi connectivity index (χ4n) is 1.94. The lowest BCUT2D eigenvalue weighted by Gasteiger charge is -2.10. The molecule has 8 heteroatoms. The Morgan fingerprint density at radius 3 is 2.31 bits per heavy atom. The zero-order valence-electron chi connectivity index (χ0n) is 14.5. The van der Waals surface area contributed by atoms with Gasteiger partial charge in [-0.25, -0.2) is 15.0 Å². The topological polar surface area (TPSA) is 95.5 Å². The molecule has 1 N–H and O–H groups in total. The van der Waals surface area contributed by atoms with E-state index in [2.05, 4.69) is 15.3 Å². The highest BCUT2D eigenvalue weighted by molar-refractivity contribution is 5.91. The minimum absolute atomic E-state index is 0.256. The number of ether oxygens (including phenoxy) is 4. The van der Waals surface area contributed by atoms with Crippen molar-refractivity contribution in [2.75, 3.05) is 21.3 Å². The van der Waals surface area contributed by atoms with Crippen LogP contribution in [0.3, 0.4) is 0 Å². The van der Waals surface area contributed by atoms with Crippen LogP contribution < -0.4 is 19.6 Å². The Hall–Kier alpha value is -3.55. The Labute approximate surface area is 150 Å². The third-order valence-electron chi connectivity index (χ3n) is 3.27. The van der Waals surface area contributed by atoms with Gasteiger partial charge in [-0.1, -0.05) is 0 Å². The zero-order valence-corrected chi connectivity index (χ0v) is 14.5. The lowest BCUT2D eigenvalue weighted by Crippen LogP contribution is -2.16. The van der Waals surface area contributed by atoms with Crippen molar-refractivity contribution in [2.45, 2.75) is 0 Å². The molecule has 0 saturated heterocycles. The summed E-state index contributed by atoms with van der Waals surface area (Å²) >= 11 is 0. The molecule has 2 aromatic rings. The van der Waals surface area contributed by atoms with E-state index in [1.54, 1.807) is 49.6 Å². The number of methoxy groups -OCH3 is 3. The molecule has 8 nitrogen and oxygen atoms in total. The number of carbonyl (C=O) groups excluding carboxylic acids is 2. The fraction of sp³-hybridized carbons (Fsp3) is 0.167. The van der Waals surface area contributed by atoms with Gasteiger partial charge in [0.2, 0.25) is 0 Å². The number of hydrazone groups is 1. The van der Waals surface area contributed by atoms with Crippen LogP contribution in [0.4, 0.5) is 4.79 Å². The van der Waals surface area contributed by atoms with Crippen LogP contribution in [0.25, 0.3) is 0 Å². The van der Waals surface area contributed by atoms with E-state index in [-0.39, 0.29) is 5.75 Å². The van der Waals surface area contributed by atoms with Crippen molar-refractivity contribution in [3.63, 3.8) is 0 Å². The van der Waals surface area contributed by atoms with Crippen LogP contribution in [-0.2, 0) is 4.74 Å². The van der Waals surface area contributed by atoms with Crippen molar-refractivity contribution in [3.05, 3.63) is 53.6 Å². The first-order valence-electron chi connectivity index (χ1n) is 7.48. The predicted octanol–water partition coefficient (Wildman–Crippen LogP) is 2.61. The first-order chi connectivity index (χ1) is 12.6. The average molecular weight is 358 g/mol. The fourth-order valence-corrected chi connectivity index (χ4v) is 1.94. The minimum atomic E-state index is -0.682. The van der Waals surface area contributed by atoms with Gasteiger partial charge in [0.15, 0.2) is 11.5 Å². The Morgan fingerprint density at radius 2 is 1.69 bits per heavy atom. The summed E-state index contributed by atoms with van der Waals surface area (Å²) in [6.07, 6.45) is 0.715. The van der Waals surface area contributed by atoms with Gasteiger partial charge in [0, 0.05) is 0 Å². The van der Waals surface area contributed by atoms with Gasteiger partial charge in [0.25, 0.3) is 0 Å². The molecule has 0 unspecified atom stereocenters. The number of carbonyl (C=O) groups is 2. The summed E-state index contributed by atoms with van der Waals surface area (Å²) in [4.78, 5) is 23.2. The molecular weight excluding hydrogens is 340 g/mol. The Morgan fingerprint density at radius 1 is 0.962 bits per heavy atom. The molecule has 0 spiro atoms. The van der Waals surface area contributed by atoms with Crippen LogP contribution in [0.15, 0.2) is 47.6 Å². The van der Waals surface area contributed by atoms with Crippen LogP contribution in [0.5, 0.6) is 17.2 Å². The van der Waals surface area contributed by atoms with Crippen molar-refractivity contribution in [3.8, 4) is 17.2 Å². The molecular formula is C18H18N2O6. The second kappa shape index (κ2) is 9.07. The Balaban J connectivity index is 2.11. The molecule has 0 heterocycles. The molecule has 0 aliphatic rings. The van der Waals surface area contributed by atoms with Crippen LogP contribution in [0, 0.1) is 0 Å². The molecule has 1 amide bonds. The normalized spacial score (nSPS) is 10.3. The van der Waals surface area contributed by atoms with E-state index in [0.717, 1.165) is 0 Å². The monoisotopic (exact) mass is 358 g/mol. The quantitative estimate of drug-likeness (QED) is 0.369. The highest BCUT2D eigenvalue weighted by atomic mass is 16.6. The number of benzene rings is 2. The first kappa shape index (κ1) is 18.8. The van der Waals surface area contributed by atoms with Gasteiger partial charge in [0.1, 0.15) is 5.75 Å². The number of hydrogen-bond donors (Lipinski definition) is 1. The van der Waals surface area contributed by atoms with Gasteiger partial charge >= 0.3 is 12.1 Å². The van der Waals surface area contributed by atoms with E-state index < -0.39 is 12.1 Å². The highest BCUT2D eigenvalue weighted by Gasteiger charge is 2.13. The molecule has 0 bridgehead atoms. The molecule has 0 fully saturated rings. The van der Waals surface area contributed by atoms with Crippen molar-refractivity contribution in [2.24, 2.45) is 5.10 Å². The lowest BCUT2D eigenvalue weighted by molar-refractivity contribution is 0.0729. The summed E-state index contributed by atoms with van der Waals surface area (Å²) in [5, 5.41) is 3.72. The maximum atomic E-state index is 12.2. The molecule has 136 valence electrons. The third kappa shape index (κ3) is 4.97. The van der Waals surface area contributed by atoms with E-state index in [1.807, 2.05) is 0 Å². The van der Waals surface area contributed by atoms with Crippen molar-refractivity contribution in [1.82, 2.24) is 5.43 Å². The van der Waals surface area contributed by atoms with E-state index >= 15 is 0 Å². The summed E-state index contributed by atoms with van der Waals surface area (Å²) in [5.74, 6) is 0.711. The third-order valence-corrected chi connectivity index (χ3v) is 3.27. The van der Waals surface area contributed by atoms with E-state index in [9.17, 15) is 9.59 Å². The molecule has 0 aromatic heterocycles. The maximum absolute atomic E-state index is 12.2. The molecule has 2 rings (SSSR count). The minimum Gasteiger partial charge on any atom is -0.497 e. The van der Waals surface area contributed by atoms with E-state index in [0.29, 0.717) is 22.6 Å².